The molecule has 2 heterocycles. The number of para-hydroxylation sites is 1. The zero-order valence-corrected chi connectivity index (χ0v) is 21.4. The molecule has 2 aromatic carbocycles. The van der Waals surface area contributed by atoms with Crippen LogP contribution in [0.2, 0.25) is 0 Å². The number of aromatic nitrogens is 3. The van der Waals surface area contributed by atoms with E-state index in [0.717, 1.165) is 17.0 Å². The molecular weight excluding hydrogens is 390 g/mol. The third-order valence-electron chi connectivity index (χ3n) is 5.10. The lowest BCUT2D eigenvalue weighted by molar-refractivity contribution is 0.617. The van der Waals surface area contributed by atoms with Gasteiger partial charge in [-0.3, -0.25) is 4.98 Å². The van der Waals surface area contributed by atoms with E-state index in [1.807, 2.05) is 30.7 Å². The molecule has 3 heteroatoms. The molecule has 0 aliphatic heterocycles. The maximum Gasteiger partial charge on any atom is 0.0960 e. The average Bonchev–Trinajstić information content (AvgIpc) is 3.17. The van der Waals surface area contributed by atoms with Crippen molar-refractivity contribution in [2.45, 2.75) is 80.2 Å². The minimum absolute atomic E-state index is 0.472. The number of hydrogen-bond acceptors (Lipinski definition) is 2. The summed E-state index contributed by atoms with van der Waals surface area (Å²) in [4.78, 5) is 8.85. The molecule has 172 valence electrons. The molecular formula is C29H41N3. The largest absolute Gasteiger partial charge is 0.328 e. The molecule has 0 atom stereocenters. The minimum atomic E-state index is 0.472. The zero-order chi connectivity index (χ0) is 23.8. The van der Waals surface area contributed by atoms with Crippen LogP contribution in [0.4, 0.5) is 0 Å². The fourth-order valence-corrected chi connectivity index (χ4v) is 3.22. The van der Waals surface area contributed by atoms with Gasteiger partial charge in [0, 0.05) is 17.6 Å². The Kier molecular flexibility index (Phi) is 9.43. The Bertz CT molecular complexity index is 1100. The Hall–Kier alpha value is -2.68. The number of hydrogen-bond donors (Lipinski definition) is 0. The van der Waals surface area contributed by atoms with E-state index < -0.39 is 0 Å². The SMILES string of the molecule is CC(C)C.CC(C)c1ccc2c(c1)ncn2C(C)C.CC(C)c1cnc2ccccc2c1. The van der Waals surface area contributed by atoms with Gasteiger partial charge in [0.05, 0.1) is 22.9 Å². The van der Waals surface area contributed by atoms with Crippen molar-refractivity contribution in [3.05, 3.63) is 72.2 Å². The Morgan fingerprint density at radius 1 is 0.656 bits per heavy atom. The second-order valence-corrected chi connectivity index (χ2v) is 10.00. The van der Waals surface area contributed by atoms with Crippen molar-refractivity contribution in [1.29, 1.82) is 0 Å². The summed E-state index contributed by atoms with van der Waals surface area (Å²) in [7, 11) is 0. The van der Waals surface area contributed by atoms with Crippen LogP contribution < -0.4 is 0 Å². The van der Waals surface area contributed by atoms with Gasteiger partial charge in [0.1, 0.15) is 0 Å². The van der Waals surface area contributed by atoms with Crippen LogP contribution in [0.15, 0.2) is 61.1 Å². The summed E-state index contributed by atoms with van der Waals surface area (Å²) in [5.74, 6) is 1.95. The van der Waals surface area contributed by atoms with Crippen molar-refractivity contribution in [1.82, 2.24) is 14.5 Å². The van der Waals surface area contributed by atoms with E-state index in [1.54, 1.807) is 0 Å². The first-order valence-electron chi connectivity index (χ1n) is 11.9. The Morgan fingerprint density at radius 3 is 1.88 bits per heavy atom. The predicted octanol–water partition coefficient (Wildman–Crippen LogP) is 8.76. The van der Waals surface area contributed by atoms with Gasteiger partial charge in [-0.05, 0) is 67.0 Å². The van der Waals surface area contributed by atoms with Crippen LogP contribution in [-0.2, 0) is 0 Å². The van der Waals surface area contributed by atoms with Gasteiger partial charge >= 0.3 is 0 Å². The summed E-state index contributed by atoms with van der Waals surface area (Å²) in [5.41, 5.74) is 6.08. The highest BCUT2D eigenvalue weighted by Gasteiger charge is 2.07. The summed E-state index contributed by atoms with van der Waals surface area (Å²) >= 11 is 0. The second-order valence-electron chi connectivity index (χ2n) is 10.00. The smallest absolute Gasteiger partial charge is 0.0960 e. The van der Waals surface area contributed by atoms with E-state index in [2.05, 4.69) is 107 Å². The molecule has 4 aromatic rings. The minimum Gasteiger partial charge on any atom is -0.328 e. The van der Waals surface area contributed by atoms with E-state index in [9.17, 15) is 0 Å². The number of pyridine rings is 1. The molecule has 0 saturated heterocycles. The molecule has 0 amide bonds. The van der Waals surface area contributed by atoms with E-state index in [-0.39, 0.29) is 0 Å². The molecule has 0 unspecified atom stereocenters. The number of rotatable bonds is 3. The average molecular weight is 432 g/mol. The van der Waals surface area contributed by atoms with E-state index in [1.165, 1.54) is 22.0 Å². The summed E-state index contributed by atoms with van der Waals surface area (Å²) in [6, 6.07) is 17.5. The standard InChI is InChI=1S/C13H18N2.C12H13N.C4H10/c1-9(2)11-5-6-13-12(7-11)14-8-15(13)10(3)4;1-9(2)11-7-10-5-3-4-6-12(10)13-8-11;1-4(2)3/h5-10H,1-4H3;3-9H,1-2H3;4H,1-3H3. The first-order chi connectivity index (χ1) is 15.1. The van der Waals surface area contributed by atoms with Crippen molar-refractivity contribution < 1.29 is 0 Å². The zero-order valence-electron chi connectivity index (χ0n) is 21.4. The lowest BCUT2D eigenvalue weighted by Gasteiger charge is -2.09. The number of nitrogens with zero attached hydrogens (tertiary/aromatic N) is 3. The third kappa shape index (κ3) is 7.19. The third-order valence-corrected chi connectivity index (χ3v) is 5.10. The quantitative estimate of drug-likeness (QED) is 0.324. The number of fused-ring (bicyclic) bond motifs is 2. The van der Waals surface area contributed by atoms with Crippen LogP contribution in [0.25, 0.3) is 21.9 Å². The Labute approximate surface area is 194 Å². The van der Waals surface area contributed by atoms with Crippen LogP contribution in [-0.4, -0.2) is 14.5 Å². The summed E-state index contributed by atoms with van der Waals surface area (Å²) in [6.07, 6.45) is 3.90. The van der Waals surface area contributed by atoms with Crippen molar-refractivity contribution in [2.24, 2.45) is 5.92 Å². The number of imidazole rings is 1. The monoisotopic (exact) mass is 431 g/mol. The van der Waals surface area contributed by atoms with Crippen LogP contribution >= 0.6 is 0 Å². The molecule has 0 fully saturated rings. The molecule has 0 bridgehead atoms. The first kappa shape index (κ1) is 25.6. The van der Waals surface area contributed by atoms with Gasteiger partial charge in [-0.15, -0.1) is 0 Å². The number of benzene rings is 2. The van der Waals surface area contributed by atoms with Crippen LogP contribution in [0.3, 0.4) is 0 Å². The molecule has 2 aromatic heterocycles. The van der Waals surface area contributed by atoms with Crippen molar-refractivity contribution in [3.63, 3.8) is 0 Å². The maximum atomic E-state index is 4.45. The van der Waals surface area contributed by atoms with Gasteiger partial charge < -0.3 is 4.57 Å². The van der Waals surface area contributed by atoms with Crippen molar-refractivity contribution >= 4 is 21.9 Å². The second kappa shape index (κ2) is 11.8. The molecule has 3 nitrogen and oxygen atoms in total. The fourth-order valence-electron chi connectivity index (χ4n) is 3.22. The van der Waals surface area contributed by atoms with Crippen molar-refractivity contribution in [2.75, 3.05) is 0 Å². The van der Waals surface area contributed by atoms with Crippen LogP contribution in [0.5, 0.6) is 0 Å². The maximum absolute atomic E-state index is 4.45. The fraction of sp³-hybridized carbons (Fsp3) is 0.448. The van der Waals surface area contributed by atoms with Crippen LogP contribution in [0.1, 0.15) is 91.3 Å². The van der Waals surface area contributed by atoms with Gasteiger partial charge in [0.25, 0.3) is 0 Å². The molecule has 32 heavy (non-hydrogen) atoms. The highest BCUT2D eigenvalue weighted by atomic mass is 15.1. The predicted molar refractivity (Wildman–Crippen MR) is 141 cm³/mol. The van der Waals surface area contributed by atoms with Gasteiger partial charge in [0.15, 0.2) is 0 Å². The van der Waals surface area contributed by atoms with Gasteiger partial charge in [0.2, 0.25) is 0 Å². The summed E-state index contributed by atoms with van der Waals surface area (Å²) in [5, 5.41) is 1.23. The van der Waals surface area contributed by atoms with E-state index in [0.29, 0.717) is 17.9 Å². The molecule has 0 saturated carbocycles. The summed E-state index contributed by atoms with van der Waals surface area (Å²) < 4.78 is 2.21. The molecule has 0 aliphatic carbocycles. The molecule has 4 rings (SSSR count). The highest BCUT2D eigenvalue weighted by Crippen LogP contribution is 2.22. The normalized spacial score (nSPS) is 11.2. The van der Waals surface area contributed by atoms with Gasteiger partial charge in [-0.25, -0.2) is 4.98 Å². The Balaban J connectivity index is 0.000000196. The lowest BCUT2D eigenvalue weighted by atomic mass is 10.0. The topological polar surface area (TPSA) is 30.7 Å². The molecule has 0 radical (unpaired) electrons. The van der Waals surface area contributed by atoms with Gasteiger partial charge in [-0.2, -0.15) is 0 Å². The van der Waals surface area contributed by atoms with Crippen LogP contribution in [0, 0.1) is 5.92 Å². The lowest BCUT2D eigenvalue weighted by Crippen LogP contribution is -1.98. The molecule has 0 aliphatic rings. The molecule has 0 N–H and O–H groups in total. The first-order valence-corrected chi connectivity index (χ1v) is 11.9. The van der Waals surface area contributed by atoms with Crippen molar-refractivity contribution in [3.8, 4) is 0 Å². The highest BCUT2D eigenvalue weighted by molar-refractivity contribution is 5.79. The van der Waals surface area contributed by atoms with Gasteiger partial charge in [-0.1, -0.05) is 72.7 Å². The summed E-state index contributed by atoms with van der Waals surface area (Å²) in [6.45, 7) is 19.6. The van der Waals surface area contributed by atoms with E-state index in [4.69, 9.17) is 0 Å². The molecule has 0 spiro atoms. The van der Waals surface area contributed by atoms with E-state index >= 15 is 0 Å². The Morgan fingerprint density at radius 2 is 1.28 bits per heavy atom.